The summed E-state index contributed by atoms with van der Waals surface area (Å²) in [5.74, 6) is 0.861. The van der Waals surface area contributed by atoms with E-state index in [1.807, 2.05) is 55.5 Å². The number of aryl methyl sites for hydroxylation is 1. The van der Waals surface area contributed by atoms with Gasteiger partial charge in [0.15, 0.2) is 0 Å². The molecule has 0 aliphatic carbocycles. The van der Waals surface area contributed by atoms with E-state index in [1.54, 1.807) is 0 Å². The number of nitrogens with one attached hydrogen (secondary N) is 1. The first-order chi connectivity index (χ1) is 13.6. The summed E-state index contributed by atoms with van der Waals surface area (Å²) in [6.07, 6.45) is 4.55. The monoisotopic (exact) mass is 382 g/mol. The van der Waals surface area contributed by atoms with Crippen molar-refractivity contribution in [2.75, 3.05) is 25.0 Å². The Morgan fingerprint density at radius 1 is 1.00 bits per heavy atom. The van der Waals surface area contributed by atoms with Gasteiger partial charge in [0.05, 0.1) is 6.54 Å². The fourth-order valence-corrected chi connectivity index (χ4v) is 3.03. The summed E-state index contributed by atoms with van der Waals surface area (Å²) in [5, 5.41) is 3.06. The third-order valence-corrected chi connectivity index (χ3v) is 4.74. The molecule has 4 nitrogen and oxygen atoms in total. The van der Waals surface area contributed by atoms with Gasteiger partial charge in [-0.3, -0.25) is 9.69 Å². The quantitative estimate of drug-likeness (QED) is 0.533. The van der Waals surface area contributed by atoms with Gasteiger partial charge < -0.3 is 10.1 Å². The summed E-state index contributed by atoms with van der Waals surface area (Å²) in [4.78, 5) is 14.8. The average molecular weight is 383 g/mol. The predicted octanol–water partition coefficient (Wildman–Crippen LogP) is 5.41. The highest BCUT2D eigenvalue weighted by Crippen LogP contribution is 2.22. The van der Waals surface area contributed by atoms with Crippen LogP contribution in [0.5, 0.6) is 5.75 Å². The number of rotatable bonds is 12. The number of anilines is 1. The second-order valence-corrected chi connectivity index (χ2v) is 7.28. The van der Waals surface area contributed by atoms with Gasteiger partial charge in [0.2, 0.25) is 5.91 Å². The molecular weight excluding hydrogens is 348 g/mol. The van der Waals surface area contributed by atoms with Crippen LogP contribution >= 0.6 is 0 Å². The molecule has 2 aromatic rings. The molecule has 152 valence electrons. The fraction of sp³-hybridized carbons (Fsp3) is 0.458. The molecular formula is C24H34N2O2. The Balaban J connectivity index is 1.89. The van der Waals surface area contributed by atoms with Gasteiger partial charge in [0.1, 0.15) is 12.4 Å². The van der Waals surface area contributed by atoms with E-state index in [2.05, 4.69) is 24.1 Å². The van der Waals surface area contributed by atoms with Gasteiger partial charge in [-0.05, 0) is 62.2 Å². The lowest BCUT2D eigenvalue weighted by molar-refractivity contribution is -0.117. The van der Waals surface area contributed by atoms with E-state index in [4.69, 9.17) is 4.74 Å². The highest BCUT2D eigenvalue weighted by Gasteiger charge is 2.11. The number of ether oxygens (including phenoxy) is 1. The van der Waals surface area contributed by atoms with Crippen molar-refractivity contribution in [1.29, 1.82) is 0 Å². The molecule has 0 saturated carbocycles. The third-order valence-electron chi connectivity index (χ3n) is 4.74. The van der Waals surface area contributed by atoms with Crippen molar-refractivity contribution in [3.05, 3.63) is 59.7 Å². The molecule has 0 fully saturated rings. The maximum Gasteiger partial charge on any atom is 0.238 e. The van der Waals surface area contributed by atoms with Crippen LogP contribution in [0.4, 0.5) is 5.69 Å². The molecule has 0 atom stereocenters. The SMILES string of the molecule is CCCCN(CCCC)CC(=O)Nc1ccc(OCc2ccccc2)cc1C. The Morgan fingerprint density at radius 3 is 2.29 bits per heavy atom. The second-order valence-electron chi connectivity index (χ2n) is 7.28. The Morgan fingerprint density at radius 2 is 1.68 bits per heavy atom. The van der Waals surface area contributed by atoms with E-state index < -0.39 is 0 Å². The van der Waals surface area contributed by atoms with Crippen LogP contribution in [-0.4, -0.2) is 30.4 Å². The Bertz CT molecular complexity index is 708. The maximum atomic E-state index is 12.5. The van der Waals surface area contributed by atoms with E-state index in [9.17, 15) is 4.79 Å². The highest BCUT2D eigenvalue weighted by molar-refractivity contribution is 5.93. The summed E-state index contributed by atoms with van der Waals surface area (Å²) in [6.45, 7) is 9.31. The summed E-state index contributed by atoms with van der Waals surface area (Å²) < 4.78 is 5.87. The van der Waals surface area contributed by atoms with E-state index in [0.717, 1.165) is 61.3 Å². The van der Waals surface area contributed by atoms with Crippen molar-refractivity contribution in [1.82, 2.24) is 4.90 Å². The summed E-state index contributed by atoms with van der Waals surface area (Å²) in [6, 6.07) is 15.9. The van der Waals surface area contributed by atoms with Crippen molar-refractivity contribution in [2.45, 2.75) is 53.1 Å². The number of amides is 1. The van der Waals surface area contributed by atoms with Crippen LogP contribution in [0.3, 0.4) is 0 Å². The van der Waals surface area contributed by atoms with Crippen molar-refractivity contribution in [3.63, 3.8) is 0 Å². The molecule has 2 aromatic carbocycles. The lowest BCUT2D eigenvalue weighted by Gasteiger charge is -2.21. The van der Waals surface area contributed by atoms with Crippen LogP contribution < -0.4 is 10.1 Å². The Hall–Kier alpha value is -2.33. The number of unbranched alkanes of at least 4 members (excludes halogenated alkanes) is 2. The third kappa shape index (κ3) is 7.73. The topological polar surface area (TPSA) is 41.6 Å². The van der Waals surface area contributed by atoms with Crippen molar-refractivity contribution < 1.29 is 9.53 Å². The van der Waals surface area contributed by atoms with Gasteiger partial charge in [0.25, 0.3) is 0 Å². The molecule has 0 bridgehead atoms. The van der Waals surface area contributed by atoms with Gasteiger partial charge in [-0.25, -0.2) is 0 Å². The first kappa shape index (κ1) is 22.0. The minimum absolute atomic E-state index is 0.0493. The van der Waals surface area contributed by atoms with Crippen LogP contribution in [0.1, 0.15) is 50.7 Å². The fourth-order valence-electron chi connectivity index (χ4n) is 3.03. The van der Waals surface area contributed by atoms with Crippen molar-refractivity contribution >= 4 is 11.6 Å². The number of hydrogen-bond donors (Lipinski definition) is 1. The first-order valence-corrected chi connectivity index (χ1v) is 10.4. The number of hydrogen-bond acceptors (Lipinski definition) is 3. The lowest BCUT2D eigenvalue weighted by Crippen LogP contribution is -2.34. The van der Waals surface area contributed by atoms with Crippen molar-refractivity contribution in [3.8, 4) is 5.75 Å². The van der Waals surface area contributed by atoms with Gasteiger partial charge in [-0.15, -0.1) is 0 Å². The molecule has 0 spiro atoms. The zero-order valence-corrected chi connectivity index (χ0v) is 17.5. The Kier molecular flexibility index (Phi) is 9.56. The molecule has 0 unspecified atom stereocenters. The minimum Gasteiger partial charge on any atom is -0.489 e. The van der Waals surface area contributed by atoms with E-state index >= 15 is 0 Å². The largest absolute Gasteiger partial charge is 0.489 e. The van der Waals surface area contributed by atoms with Crippen LogP contribution in [0.25, 0.3) is 0 Å². The predicted molar refractivity (Wildman–Crippen MR) is 117 cm³/mol. The van der Waals surface area contributed by atoms with E-state index in [0.29, 0.717) is 13.2 Å². The van der Waals surface area contributed by atoms with Gasteiger partial charge in [0, 0.05) is 5.69 Å². The molecule has 4 heteroatoms. The van der Waals surface area contributed by atoms with E-state index in [-0.39, 0.29) is 5.91 Å². The molecule has 0 radical (unpaired) electrons. The number of nitrogens with zero attached hydrogens (tertiary/aromatic N) is 1. The smallest absolute Gasteiger partial charge is 0.238 e. The normalized spacial score (nSPS) is 10.9. The Labute approximate surface area is 169 Å². The summed E-state index contributed by atoms with van der Waals surface area (Å²) in [5.41, 5.74) is 2.99. The number of carbonyl (C=O) groups excluding carboxylic acids is 1. The first-order valence-electron chi connectivity index (χ1n) is 10.4. The zero-order chi connectivity index (χ0) is 20.2. The van der Waals surface area contributed by atoms with Crippen LogP contribution in [0.2, 0.25) is 0 Å². The van der Waals surface area contributed by atoms with Gasteiger partial charge in [-0.1, -0.05) is 57.0 Å². The summed E-state index contributed by atoms with van der Waals surface area (Å²) in [7, 11) is 0. The minimum atomic E-state index is 0.0493. The van der Waals surface area contributed by atoms with E-state index in [1.165, 1.54) is 0 Å². The van der Waals surface area contributed by atoms with Crippen molar-refractivity contribution in [2.24, 2.45) is 0 Å². The maximum absolute atomic E-state index is 12.5. The van der Waals surface area contributed by atoms with Gasteiger partial charge in [-0.2, -0.15) is 0 Å². The summed E-state index contributed by atoms with van der Waals surface area (Å²) >= 11 is 0. The molecule has 0 heterocycles. The molecule has 1 amide bonds. The van der Waals surface area contributed by atoms with Crippen LogP contribution in [0.15, 0.2) is 48.5 Å². The van der Waals surface area contributed by atoms with Crippen LogP contribution in [0, 0.1) is 6.92 Å². The molecule has 1 N–H and O–H groups in total. The van der Waals surface area contributed by atoms with Crippen LogP contribution in [-0.2, 0) is 11.4 Å². The lowest BCUT2D eigenvalue weighted by atomic mass is 10.2. The number of carbonyl (C=O) groups is 1. The number of benzene rings is 2. The molecule has 28 heavy (non-hydrogen) atoms. The molecule has 2 rings (SSSR count). The van der Waals surface area contributed by atoms with Gasteiger partial charge >= 0.3 is 0 Å². The molecule has 0 saturated heterocycles. The zero-order valence-electron chi connectivity index (χ0n) is 17.5. The highest BCUT2D eigenvalue weighted by atomic mass is 16.5. The average Bonchev–Trinajstić information content (AvgIpc) is 2.71. The molecule has 0 aromatic heterocycles. The second kappa shape index (κ2) is 12.2. The molecule has 0 aliphatic rings. The standard InChI is InChI=1S/C24H34N2O2/c1-4-6-15-26(16-7-5-2)18-24(27)25-23-14-13-22(17-20(23)3)28-19-21-11-9-8-10-12-21/h8-14,17H,4-7,15-16,18-19H2,1-3H3,(H,25,27). The molecule has 0 aliphatic heterocycles.